The van der Waals surface area contributed by atoms with Crippen molar-refractivity contribution in [3.63, 3.8) is 0 Å². The average molecular weight is 274 g/mol. The van der Waals surface area contributed by atoms with Gasteiger partial charge in [0.05, 0.1) is 11.0 Å². The number of hydrogen-bond acceptors (Lipinski definition) is 4. The van der Waals surface area contributed by atoms with Gasteiger partial charge in [0, 0.05) is 17.8 Å². The molecule has 0 aliphatic heterocycles. The molecule has 1 saturated carbocycles. The fourth-order valence-electron chi connectivity index (χ4n) is 3.12. The molecule has 0 spiro atoms. The van der Waals surface area contributed by atoms with Crippen molar-refractivity contribution in [3.05, 3.63) is 24.0 Å². The molecule has 5 heteroatoms. The van der Waals surface area contributed by atoms with Crippen molar-refractivity contribution in [2.75, 3.05) is 19.8 Å². The zero-order chi connectivity index (χ0) is 14.3. The topological polar surface area (TPSA) is 67.3 Å². The summed E-state index contributed by atoms with van der Waals surface area (Å²) in [6.07, 6.45) is 3.66. The van der Waals surface area contributed by atoms with Gasteiger partial charge in [-0.1, -0.05) is 0 Å². The van der Waals surface area contributed by atoms with Crippen molar-refractivity contribution in [2.24, 2.45) is 0 Å². The van der Waals surface area contributed by atoms with Crippen molar-refractivity contribution in [3.8, 4) is 0 Å². The lowest BCUT2D eigenvalue weighted by Crippen LogP contribution is -2.53. The third-order valence-electron chi connectivity index (χ3n) is 4.68. The molecule has 1 fully saturated rings. The molecule has 5 nitrogen and oxygen atoms in total. The lowest BCUT2D eigenvalue weighted by Gasteiger charge is -2.47. The van der Waals surface area contributed by atoms with Crippen LogP contribution in [0.1, 0.15) is 25.1 Å². The molecule has 1 heterocycles. The zero-order valence-corrected chi connectivity index (χ0v) is 12.1. The van der Waals surface area contributed by atoms with Gasteiger partial charge in [0.15, 0.2) is 0 Å². The van der Waals surface area contributed by atoms with Gasteiger partial charge in [-0.05, 0) is 51.6 Å². The molecule has 0 saturated heterocycles. The van der Waals surface area contributed by atoms with Crippen molar-refractivity contribution >= 4 is 16.7 Å². The third kappa shape index (κ3) is 1.98. The number of aliphatic hydroxyl groups is 1. The van der Waals surface area contributed by atoms with E-state index in [2.05, 4.69) is 28.5 Å². The second kappa shape index (κ2) is 4.75. The lowest BCUT2D eigenvalue weighted by molar-refractivity contribution is 0.0417. The maximum absolute atomic E-state index is 9.59. The molecular formula is C15H22N4O. The van der Waals surface area contributed by atoms with Gasteiger partial charge in [-0.15, -0.1) is 0 Å². The molecular weight excluding hydrogens is 252 g/mol. The first-order valence-corrected chi connectivity index (χ1v) is 7.09. The summed E-state index contributed by atoms with van der Waals surface area (Å²) in [6, 6.07) is 5.76. The molecule has 3 N–H and O–H groups in total. The number of imidazole rings is 1. The van der Waals surface area contributed by atoms with Gasteiger partial charge in [-0.25, -0.2) is 4.98 Å². The Hall–Kier alpha value is -1.59. The molecule has 3 rings (SSSR count). The minimum Gasteiger partial charge on any atom is -0.399 e. The molecule has 0 radical (unpaired) electrons. The molecule has 20 heavy (non-hydrogen) atoms. The SMILES string of the molecule is CN(C)C1(Cn2c(CO)nc3cc(N)ccc32)CCC1. The second-order valence-corrected chi connectivity index (χ2v) is 5.99. The minimum atomic E-state index is -0.0436. The number of fused-ring (bicyclic) bond motifs is 1. The van der Waals surface area contributed by atoms with E-state index in [9.17, 15) is 5.11 Å². The molecule has 1 aliphatic carbocycles. The van der Waals surface area contributed by atoms with Gasteiger partial charge in [0.1, 0.15) is 12.4 Å². The Kier molecular flexibility index (Phi) is 3.18. The van der Waals surface area contributed by atoms with Gasteiger partial charge in [-0.2, -0.15) is 0 Å². The van der Waals surface area contributed by atoms with E-state index in [0.29, 0.717) is 5.69 Å². The average Bonchev–Trinajstić information content (AvgIpc) is 2.69. The van der Waals surface area contributed by atoms with Crippen molar-refractivity contribution < 1.29 is 5.11 Å². The Morgan fingerprint density at radius 2 is 2.15 bits per heavy atom. The van der Waals surface area contributed by atoms with Crippen LogP contribution in [0.2, 0.25) is 0 Å². The first-order chi connectivity index (χ1) is 9.55. The van der Waals surface area contributed by atoms with Crippen molar-refractivity contribution in [2.45, 2.75) is 38.0 Å². The number of hydrogen-bond donors (Lipinski definition) is 2. The number of anilines is 1. The largest absolute Gasteiger partial charge is 0.399 e. The van der Waals surface area contributed by atoms with E-state index in [1.165, 1.54) is 19.3 Å². The normalized spacial score (nSPS) is 17.6. The summed E-state index contributed by atoms with van der Waals surface area (Å²) in [4.78, 5) is 6.81. The number of nitrogen functional groups attached to an aromatic ring is 1. The number of likely N-dealkylation sites (N-methyl/N-ethyl adjacent to an activating group) is 1. The predicted molar refractivity (Wildman–Crippen MR) is 80.3 cm³/mol. The number of aliphatic hydroxyl groups excluding tert-OH is 1. The van der Waals surface area contributed by atoms with Crippen LogP contribution in [-0.4, -0.2) is 39.2 Å². The maximum Gasteiger partial charge on any atom is 0.135 e. The Morgan fingerprint density at radius 3 is 2.70 bits per heavy atom. The molecule has 0 bridgehead atoms. The van der Waals surface area contributed by atoms with Crippen LogP contribution >= 0.6 is 0 Å². The molecule has 108 valence electrons. The lowest BCUT2D eigenvalue weighted by atomic mass is 9.75. The van der Waals surface area contributed by atoms with Crippen LogP contribution in [0.25, 0.3) is 11.0 Å². The van der Waals surface area contributed by atoms with Crippen molar-refractivity contribution in [1.82, 2.24) is 14.5 Å². The molecule has 0 amide bonds. The number of nitrogens with zero attached hydrogens (tertiary/aromatic N) is 3. The Bertz CT molecular complexity index is 628. The fourth-order valence-corrected chi connectivity index (χ4v) is 3.12. The van der Waals surface area contributed by atoms with Crippen LogP contribution in [0, 0.1) is 0 Å². The molecule has 0 atom stereocenters. The highest BCUT2D eigenvalue weighted by Gasteiger charge is 2.40. The van der Waals surface area contributed by atoms with Crippen molar-refractivity contribution in [1.29, 1.82) is 0 Å². The first-order valence-electron chi connectivity index (χ1n) is 7.09. The van der Waals surface area contributed by atoms with Crippen LogP contribution in [0.4, 0.5) is 5.69 Å². The summed E-state index contributed by atoms with van der Waals surface area (Å²) in [6.45, 7) is 0.828. The third-order valence-corrected chi connectivity index (χ3v) is 4.68. The number of aromatic nitrogens is 2. The molecule has 0 unspecified atom stereocenters. The summed E-state index contributed by atoms with van der Waals surface area (Å²) in [5.41, 5.74) is 8.63. The summed E-state index contributed by atoms with van der Waals surface area (Å²) in [5, 5.41) is 9.59. The molecule has 1 aromatic carbocycles. The van der Waals surface area contributed by atoms with Gasteiger partial charge in [0.2, 0.25) is 0 Å². The smallest absolute Gasteiger partial charge is 0.135 e. The monoisotopic (exact) mass is 274 g/mol. The van der Waals surface area contributed by atoms with Crippen LogP contribution < -0.4 is 5.73 Å². The first kappa shape index (κ1) is 13.4. The van der Waals surface area contributed by atoms with Gasteiger partial charge in [0.25, 0.3) is 0 Å². The van der Waals surface area contributed by atoms with E-state index in [0.717, 1.165) is 23.4 Å². The maximum atomic E-state index is 9.59. The second-order valence-electron chi connectivity index (χ2n) is 5.99. The quantitative estimate of drug-likeness (QED) is 0.831. The summed E-state index contributed by atoms with van der Waals surface area (Å²) in [7, 11) is 4.27. The molecule has 1 aromatic heterocycles. The van der Waals surface area contributed by atoms with E-state index < -0.39 is 0 Å². The van der Waals surface area contributed by atoms with E-state index in [-0.39, 0.29) is 12.1 Å². The van der Waals surface area contributed by atoms with E-state index in [1.54, 1.807) is 0 Å². The minimum absolute atomic E-state index is 0.0436. The number of nitrogens with two attached hydrogens (primary N) is 1. The number of rotatable bonds is 4. The van der Waals surface area contributed by atoms with Crippen LogP contribution in [-0.2, 0) is 13.2 Å². The summed E-state index contributed by atoms with van der Waals surface area (Å²) < 4.78 is 2.15. The highest BCUT2D eigenvalue weighted by molar-refractivity contribution is 5.79. The molecule has 2 aromatic rings. The van der Waals surface area contributed by atoms with Gasteiger partial charge >= 0.3 is 0 Å². The Labute approximate surface area is 119 Å². The zero-order valence-electron chi connectivity index (χ0n) is 12.1. The van der Waals surface area contributed by atoms with Gasteiger partial charge in [-0.3, -0.25) is 0 Å². The Balaban J connectivity index is 2.05. The Morgan fingerprint density at radius 1 is 1.40 bits per heavy atom. The predicted octanol–water partition coefficient (Wildman–Crippen LogP) is 1.60. The standard InChI is InChI=1S/C15H22N4O/c1-18(2)15(6-3-7-15)10-19-13-5-4-11(16)8-12(13)17-14(19)9-20/h4-5,8,20H,3,6-7,9-10,16H2,1-2H3. The highest BCUT2D eigenvalue weighted by atomic mass is 16.3. The molecule has 1 aliphatic rings. The van der Waals surface area contributed by atoms with E-state index in [1.807, 2.05) is 18.2 Å². The van der Waals surface area contributed by atoms with E-state index >= 15 is 0 Å². The van der Waals surface area contributed by atoms with Gasteiger partial charge < -0.3 is 20.3 Å². The summed E-state index contributed by atoms with van der Waals surface area (Å²) >= 11 is 0. The fraction of sp³-hybridized carbons (Fsp3) is 0.533. The van der Waals surface area contributed by atoms with E-state index in [4.69, 9.17) is 5.73 Å². The van der Waals surface area contributed by atoms with Crippen LogP contribution in [0.15, 0.2) is 18.2 Å². The van der Waals surface area contributed by atoms with Crippen LogP contribution in [0.5, 0.6) is 0 Å². The van der Waals surface area contributed by atoms with Crippen LogP contribution in [0.3, 0.4) is 0 Å². The highest BCUT2D eigenvalue weighted by Crippen LogP contribution is 2.38. The number of benzene rings is 1. The summed E-state index contributed by atoms with van der Waals surface area (Å²) in [5.74, 6) is 0.721.